The molecule has 0 fully saturated rings. The molecule has 4 aromatic rings. The summed E-state index contributed by atoms with van der Waals surface area (Å²) in [7, 11) is 0. The molecule has 18 heavy (non-hydrogen) atoms. The van der Waals surface area contributed by atoms with Gasteiger partial charge in [0.15, 0.2) is 0 Å². The Hall–Kier alpha value is -2.69. The topological polar surface area (TPSA) is 67.6 Å². The van der Waals surface area contributed by atoms with E-state index in [-0.39, 0.29) is 0 Å². The molecule has 4 rings (SSSR count). The average Bonchev–Trinajstić information content (AvgIpc) is 3.10. The summed E-state index contributed by atoms with van der Waals surface area (Å²) in [6.07, 6.45) is 6.55. The SMILES string of the molecule is c1ccc2c(c1)[nH]c1cnccc12.c1conn1. The van der Waals surface area contributed by atoms with Crippen LogP contribution in [0.3, 0.4) is 0 Å². The van der Waals surface area contributed by atoms with Gasteiger partial charge in [0.1, 0.15) is 6.26 Å². The summed E-state index contributed by atoms with van der Waals surface area (Å²) in [5.41, 5.74) is 2.27. The Morgan fingerprint density at radius 2 is 1.83 bits per heavy atom. The second-order valence-corrected chi connectivity index (χ2v) is 3.68. The first-order valence-electron chi connectivity index (χ1n) is 5.46. The van der Waals surface area contributed by atoms with E-state index in [0.717, 1.165) is 5.52 Å². The third-order valence-corrected chi connectivity index (χ3v) is 2.59. The van der Waals surface area contributed by atoms with Crippen LogP contribution in [0, 0.1) is 0 Å². The van der Waals surface area contributed by atoms with Gasteiger partial charge in [-0.25, -0.2) is 0 Å². The Kier molecular flexibility index (Phi) is 2.71. The molecule has 1 N–H and O–H groups in total. The molecule has 88 valence electrons. The van der Waals surface area contributed by atoms with E-state index in [1.54, 1.807) is 0 Å². The van der Waals surface area contributed by atoms with Gasteiger partial charge in [-0.15, -0.1) is 5.10 Å². The van der Waals surface area contributed by atoms with E-state index in [4.69, 9.17) is 0 Å². The minimum Gasteiger partial charge on any atom is -0.353 e. The molecule has 3 aromatic heterocycles. The minimum absolute atomic E-state index is 1.10. The largest absolute Gasteiger partial charge is 0.353 e. The van der Waals surface area contributed by atoms with Crippen molar-refractivity contribution >= 4 is 21.8 Å². The fourth-order valence-corrected chi connectivity index (χ4v) is 1.84. The number of rotatable bonds is 0. The quantitative estimate of drug-likeness (QED) is 0.511. The van der Waals surface area contributed by atoms with Crippen LogP contribution in [0.25, 0.3) is 21.8 Å². The lowest BCUT2D eigenvalue weighted by atomic mass is 10.2. The first kappa shape index (κ1) is 10.5. The van der Waals surface area contributed by atoms with E-state index in [2.05, 4.69) is 43.1 Å². The van der Waals surface area contributed by atoms with E-state index in [1.165, 1.54) is 28.7 Å². The van der Waals surface area contributed by atoms with Crippen LogP contribution in [-0.2, 0) is 0 Å². The smallest absolute Gasteiger partial charge is 0.144 e. The number of hydrogen-bond acceptors (Lipinski definition) is 4. The van der Waals surface area contributed by atoms with Crippen molar-refractivity contribution in [1.29, 1.82) is 0 Å². The highest BCUT2D eigenvalue weighted by Gasteiger charge is 2.00. The molecule has 0 aliphatic carbocycles. The lowest BCUT2D eigenvalue weighted by Gasteiger charge is -1.87. The van der Waals surface area contributed by atoms with Crippen molar-refractivity contribution in [2.75, 3.05) is 0 Å². The number of para-hydroxylation sites is 1. The van der Waals surface area contributed by atoms with Crippen LogP contribution in [-0.4, -0.2) is 20.3 Å². The van der Waals surface area contributed by atoms with Crippen LogP contribution in [0.4, 0.5) is 0 Å². The number of aromatic nitrogens is 4. The van der Waals surface area contributed by atoms with Gasteiger partial charge in [-0.3, -0.25) is 4.98 Å². The Morgan fingerprint density at radius 3 is 2.61 bits per heavy atom. The highest BCUT2D eigenvalue weighted by molar-refractivity contribution is 6.06. The van der Waals surface area contributed by atoms with Gasteiger partial charge >= 0.3 is 0 Å². The monoisotopic (exact) mass is 238 g/mol. The summed E-state index contributed by atoms with van der Waals surface area (Å²) in [6, 6.07) is 10.3. The number of fused-ring (bicyclic) bond motifs is 3. The number of H-pyrrole nitrogens is 1. The van der Waals surface area contributed by atoms with Crippen LogP contribution in [0.5, 0.6) is 0 Å². The summed E-state index contributed by atoms with van der Waals surface area (Å²) in [6.45, 7) is 0. The third kappa shape index (κ3) is 1.93. The Morgan fingerprint density at radius 1 is 0.944 bits per heavy atom. The van der Waals surface area contributed by atoms with Gasteiger partial charge in [0.2, 0.25) is 0 Å². The average molecular weight is 238 g/mol. The number of pyridine rings is 1. The fourth-order valence-electron chi connectivity index (χ4n) is 1.84. The van der Waals surface area contributed by atoms with Crippen molar-refractivity contribution in [3.8, 4) is 0 Å². The van der Waals surface area contributed by atoms with Crippen molar-refractivity contribution in [2.45, 2.75) is 0 Å². The first-order valence-corrected chi connectivity index (χ1v) is 5.46. The normalized spacial score (nSPS) is 10.2. The zero-order valence-corrected chi connectivity index (χ0v) is 9.45. The van der Waals surface area contributed by atoms with Gasteiger partial charge in [0.05, 0.1) is 17.9 Å². The summed E-state index contributed by atoms with van der Waals surface area (Å²) >= 11 is 0. The van der Waals surface area contributed by atoms with Gasteiger partial charge in [-0.1, -0.05) is 18.2 Å². The van der Waals surface area contributed by atoms with Gasteiger partial charge < -0.3 is 9.51 Å². The molecule has 0 aliphatic heterocycles. The molecule has 0 saturated carbocycles. The zero-order chi connectivity index (χ0) is 12.2. The molecule has 0 radical (unpaired) electrons. The molecule has 0 amide bonds. The van der Waals surface area contributed by atoms with E-state index < -0.39 is 0 Å². The van der Waals surface area contributed by atoms with Crippen molar-refractivity contribution in [1.82, 2.24) is 20.3 Å². The number of hydrogen-bond donors (Lipinski definition) is 1. The molecule has 0 unspecified atom stereocenters. The molecule has 0 spiro atoms. The number of nitrogens with one attached hydrogen (secondary N) is 1. The molecule has 0 bridgehead atoms. The molecule has 5 heteroatoms. The van der Waals surface area contributed by atoms with Gasteiger partial charge in [-0.2, -0.15) is 0 Å². The maximum atomic E-state index is 4.22. The molecular weight excluding hydrogens is 228 g/mol. The van der Waals surface area contributed by atoms with Crippen LogP contribution in [0.15, 0.2) is 59.7 Å². The van der Waals surface area contributed by atoms with E-state index in [9.17, 15) is 0 Å². The van der Waals surface area contributed by atoms with E-state index in [0.29, 0.717) is 0 Å². The molecule has 1 aromatic carbocycles. The summed E-state index contributed by atoms with van der Waals surface area (Å²) in [5.74, 6) is 0. The predicted octanol–water partition coefficient (Wildman–Crippen LogP) is 2.79. The maximum absolute atomic E-state index is 4.22. The van der Waals surface area contributed by atoms with E-state index in [1.807, 2.05) is 24.5 Å². The summed E-state index contributed by atoms with van der Waals surface area (Å²) in [5, 5.41) is 8.91. The summed E-state index contributed by atoms with van der Waals surface area (Å²) < 4.78 is 4.22. The molecule has 3 heterocycles. The highest BCUT2D eigenvalue weighted by atomic mass is 16.5. The van der Waals surface area contributed by atoms with Crippen molar-refractivity contribution in [2.24, 2.45) is 0 Å². The van der Waals surface area contributed by atoms with Gasteiger partial charge in [-0.05, 0) is 12.1 Å². The number of nitrogens with zero attached hydrogens (tertiary/aromatic N) is 3. The number of aromatic amines is 1. The van der Waals surface area contributed by atoms with E-state index >= 15 is 0 Å². The van der Waals surface area contributed by atoms with Crippen LogP contribution < -0.4 is 0 Å². The lowest BCUT2D eigenvalue weighted by Crippen LogP contribution is -1.68. The summed E-state index contributed by atoms with van der Waals surface area (Å²) in [4.78, 5) is 7.39. The Labute approximate surface area is 102 Å². The number of benzene rings is 1. The minimum atomic E-state index is 1.10. The molecule has 0 atom stereocenters. The van der Waals surface area contributed by atoms with Crippen LogP contribution >= 0.6 is 0 Å². The third-order valence-electron chi connectivity index (χ3n) is 2.59. The van der Waals surface area contributed by atoms with Crippen LogP contribution in [0.1, 0.15) is 0 Å². The zero-order valence-electron chi connectivity index (χ0n) is 9.45. The maximum Gasteiger partial charge on any atom is 0.144 e. The van der Waals surface area contributed by atoms with Crippen molar-refractivity contribution in [3.63, 3.8) is 0 Å². The molecule has 0 aliphatic rings. The first-order chi connectivity index (χ1) is 8.95. The fraction of sp³-hybridized carbons (Fsp3) is 0. The molecular formula is C13H10N4O. The lowest BCUT2D eigenvalue weighted by molar-refractivity contribution is 0.393. The van der Waals surface area contributed by atoms with Crippen LogP contribution in [0.2, 0.25) is 0 Å². The second kappa shape index (κ2) is 4.67. The Bertz CT molecular complexity index is 678. The second-order valence-electron chi connectivity index (χ2n) is 3.68. The van der Waals surface area contributed by atoms with Crippen molar-refractivity contribution < 1.29 is 4.52 Å². The van der Waals surface area contributed by atoms with Crippen molar-refractivity contribution in [3.05, 3.63) is 55.2 Å². The van der Waals surface area contributed by atoms with Gasteiger partial charge in [0, 0.05) is 27.8 Å². The van der Waals surface area contributed by atoms with Gasteiger partial charge in [0.25, 0.3) is 0 Å². The predicted molar refractivity (Wildman–Crippen MR) is 67.9 cm³/mol. The standard InChI is InChI=1S/C11H8N2.C2H2N2O/c1-2-4-10-8(3-1)9-5-6-12-7-11(9)13-10;1-2-5-4-3-1/h1-7,13H;1-2H. The Balaban J connectivity index is 0.000000169. The molecule has 0 saturated heterocycles. The highest BCUT2D eigenvalue weighted by Crippen LogP contribution is 2.23. The molecule has 5 nitrogen and oxygen atoms in total.